The number of benzene rings is 1. The number of nitrogen functional groups attached to an aromatic ring is 1. The average molecular weight is 435 g/mol. The van der Waals surface area contributed by atoms with Crippen molar-refractivity contribution in [2.24, 2.45) is 5.10 Å². The molecule has 0 saturated carbocycles. The highest BCUT2D eigenvalue weighted by molar-refractivity contribution is 5.94. The van der Waals surface area contributed by atoms with Crippen LogP contribution in [-0.4, -0.2) is 55.4 Å². The molecular weight excluding hydrogens is 410 g/mol. The molecule has 1 aromatic carbocycles. The summed E-state index contributed by atoms with van der Waals surface area (Å²) in [4.78, 5) is 15.1. The Morgan fingerprint density at radius 1 is 1.16 bits per heavy atom. The van der Waals surface area contributed by atoms with E-state index in [2.05, 4.69) is 36.1 Å². The lowest BCUT2D eigenvalue weighted by Gasteiger charge is -2.20. The van der Waals surface area contributed by atoms with E-state index in [1.54, 1.807) is 6.08 Å². The molecule has 1 saturated heterocycles. The van der Waals surface area contributed by atoms with Crippen LogP contribution in [0.4, 0.5) is 5.82 Å². The number of carbonyl (C=O) groups excluding carboxylic acids is 1. The summed E-state index contributed by atoms with van der Waals surface area (Å²) in [6, 6.07) is 9.79. The first-order valence-corrected chi connectivity index (χ1v) is 10.5. The Balaban J connectivity index is 1.51. The van der Waals surface area contributed by atoms with Gasteiger partial charge in [0.1, 0.15) is 0 Å². The van der Waals surface area contributed by atoms with E-state index in [1.165, 1.54) is 23.7 Å². The molecule has 1 aliphatic rings. The maximum Gasteiger partial charge on any atom is 0.293 e. The van der Waals surface area contributed by atoms with E-state index in [-0.39, 0.29) is 17.3 Å². The largest absolute Gasteiger partial charge is 0.378 e. The summed E-state index contributed by atoms with van der Waals surface area (Å²) in [5.41, 5.74) is 10.1. The summed E-state index contributed by atoms with van der Waals surface area (Å²) in [5.74, 6) is -0.195. The van der Waals surface area contributed by atoms with E-state index in [1.807, 2.05) is 36.4 Å². The lowest BCUT2D eigenvalue weighted by Crippen LogP contribution is -2.28. The van der Waals surface area contributed by atoms with Crippen molar-refractivity contribution in [1.29, 1.82) is 0 Å². The molecule has 0 atom stereocenters. The molecule has 3 aromatic rings. The number of rotatable bonds is 7. The van der Waals surface area contributed by atoms with Crippen molar-refractivity contribution in [2.75, 3.05) is 18.8 Å². The van der Waals surface area contributed by atoms with Crippen LogP contribution >= 0.6 is 0 Å². The van der Waals surface area contributed by atoms with Crippen molar-refractivity contribution in [3.63, 3.8) is 0 Å². The standard InChI is InChI=1S/C21H25N9O2/c22-19-20(27-32-26-19)30-17(15-29-13-6-1-2-7-14-29)18(24-28-30)21(31)25-23-12-8-11-16-9-4-3-5-10-16/h3-5,8-12H,1-2,6-7,13-15H2,(H2,22,26)(H,25,31). The van der Waals surface area contributed by atoms with E-state index >= 15 is 0 Å². The van der Waals surface area contributed by atoms with Crippen molar-refractivity contribution >= 4 is 24.0 Å². The first-order chi connectivity index (χ1) is 15.7. The van der Waals surface area contributed by atoms with Gasteiger partial charge in [-0.3, -0.25) is 9.69 Å². The molecule has 1 amide bonds. The minimum absolute atomic E-state index is 0.0723. The Morgan fingerprint density at radius 3 is 2.66 bits per heavy atom. The molecule has 166 valence electrons. The maximum atomic E-state index is 12.8. The van der Waals surface area contributed by atoms with Crippen molar-refractivity contribution in [3.8, 4) is 5.82 Å². The van der Waals surface area contributed by atoms with Crippen molar-refractivity contribution in [2.45, 2.75) is 32.2 Å². The summed E-state index contributed by atoms with van der Waals surface area (Å²) in [7, 11) is 0. The van der Waals surface area contributed by atoms with E-state index in [9.17, 15) is 4.79 Å². The average Bonchev–Trinajstić information content (AvgIpc) is 3.31. The third kappa shape index (κ3) is 5.24. The lowest BCUT2D eigenvalue weighted by molar-refractivity contribution is 0.0948. The van der Waals surface area contributed by atoms with Crippen LogP contribution in [0.15, 0.2) is 46.1 Å². The monoisotopic (exact) mass is 435 g/mol. The number of nitrogens with two attached hydrogens (primary N) is 1. The van der Waals surface area contributed by atoms with Crippen LogP contribution in [-0.2, 0) is 6.54 Å². The zero-order valence-corrected chi connectivity index (χ0v) is 17.6. The number of allylic oxidation sites excluding steroid dienone is 1. The molecule has 1 aliphatic heterocycles. The number of carbonyl (C=O) groups is 1. The van der Waals surface area contributed by atoms with Gasteiger partial charge in [-0.25, -0.2) is 10.1 Å². The van der Waals surface area contributed by atoms with Crippen LogP contribution in [0.1, 0.15) is 47.4 Å². The topological polar surface area (TPSA) is 140 Å². The number of amides is 1. The van der Waals surface area contributed by atoms with Crippen molar-refractivity contribution in [1.82, 2.24) is 35.6 Å². The highest BCUT2D eigenvalue weighted by atomic mass is 16.6. The summed E-state index contributed by atoms with van der Waals surface area (Å²) < 4.78 is 6.11. The molecule has 11 heteroatoms. The Kier molecular flexibility index (Phi) is 6.98. The fraction of sp³-hybridized carbons (Fsp3) is 0.333. The summed E-state index contributed by atoms with van der Waals surface area (Å²) in [6.07, 6.45) is 9.75. The second kappa shape index (κ2) is 10.4. The minimum atomic E-state index is -0.472. The molecule has 0 radical (unpaired) electrons. The first-order valence-electron chi connectivity index (χ1n) is 10.5. The number of nitrogens with zero attached hydrogens (tertiary/aromatic N) is 7. The number of hydrazone groups is 1. The van der Waals surface area contributed by atoms with Gasteiger partial charge in [-0.15, -0.1) is 5.10 Å². The van der Waals surface area contributed by atoms with Gasteiger partial charge in [0.2, 0.25) is 11.6 Å². The predicted molar refractivity (Wildman–Crippen MR) is 119 cm³/mol. The minimum Gasteiger partial charge on any atom is -0.378 e. The molecule has 0 unspecified atom stereocenters. The maximum absolute atomic E-state index is 12.8. The van der Waals surface area contributed by atoms with Gasteiger partial charge in [-0.1, -0.05) is 54.5 Å². The Morgan fingerprint density at radius 2 is 1.94 bits per heavy atom. The number of anilines is 1. The zero-order valence-electron chi connectivity index (χ0n) is 17.6. The molecule has 0 spiro atoms. The SMILES string of the molecule is Nc1nonc1-n1nnc(C(=O)NN=CC=Cc2ccccc2)c1CN1CCCCCC1. The summed E-state index contributed by atoms with van der Waals surface area (Å²) in [6.45, 7) is 2.34. The Labute approximate surface area is 184 Å². The molecule has 11 nitrogen and oxygen atoms in total. The lowest BCUT2D eigenvalue weighted by atomic mass is 10.2. The Hall–Kier alpha value is -3.86. The molecule has 4 rings (SSSR count). The molecular formula is C21H25N9O2. The van der Waals surface area contributed by atoms with Crippen LogP contribution in [0, 0.1) is 0 Å². The van der Waals surface area contributed by atoms with Gasteiger partial charge in [0.25, 0.3) is 5.91 Å². The van der Waals surface area contributed by atoms with E-state index < -0.39 is 5.91 Å². The summed E-state index contributed by atoms with van der Waals surface area (Å²) in [5, 5.41) is 19.5. The molecule has 1 fully saturated rings. The fourth-order valence-corrected chi connectivity index (χ4v) is 3.54. The number of nitrogens with one attached hydrogen (secondary N) is 1. The fourth-order valence-electron chi connectivity index (χ4n) is 3.54. The smallest absolute Gasteiger partial charge is 0.293 e. The van der Waals surface area contributed by atoms with Crippen LogP contribution in [0.5, 0.6) is 0 Å². The third-order valence-electron chi connectivity index (χ3n) is 5.16. The van der Waals surface area contributed by atoms with Gasteiger partial charge >= 0.3 is 0 Å². The normalized spacial score (nSPS) is 15.4. The van der Waals surface area contributed by atoms with E-state index in [0.29, 0.717) is 12.2 Å². The van der Waals surface area contributed by atoms with Crippen LogP contribution in [0.2, 0.25) is 0 Å². The van der Waals surface area contributed by atoms with Crippen molar-refractivity contribution in [3.05, 3.63) is 53.4 Å². The van der Waals surface area contributed by atoms with E-state index in [4.69, 9.17) is 10.4 Å². The first kappa shape index (κ1) is 21.4. The number of hydrogen-bond donors (Lipinski definition) is 2. The zero-order chi connectivity index (χ0) is 22.2. The van der Waals surface area contributed by atoms with E-state index in [0.717, 1.165) is 31.5 Å². The van der Waals surface area contributed by atoms with Crippen LogP contribution in [0.3, 0.4) is 0 Å². The number of hydrogen-bond acceptors (Lipinski definition) is 9. The Bertz CT molecular complexity index is 1080. The van der Waals surface area contributed by atoms with Gasteiger partial charge in [-0.2, -0.15) is 9.78 Å². The molecule has 2 aromatic heterocycles. The number of aromatic nitrogens is 5. The van der Waals surface area contributed by atoms with Crippen LogP contribution < -0.4 is 11.2 Å². The molecule has 0 aliphatic carbocycles. The highest BCUT2D eigenvalue weighted by Crippen LogP contribution is 2.19. The number of likely N-dealkylation sites (tertiary alicyclic amines) is 1. The summed E-state index contributed by atoms with van der Waals surface area (Å²) >= 11 is 0. The van der Waals surface area contributed by atoms with Gasteiger partial charge < -0.3 is 5.73 Å². The second-order valence-corrected chi connectivity index (χ2v) is 7.45. The van der Waals surface area contributed by atoms with Gasteiger partial charge in [0.05, 0.1) is 5.69 Å². The predicted octanol–water partition coefficient (Wildman–Crippen LogP) is 2.04. The molecule has 3 heterocycles. The molecule has 3 N–H and O–H groups in total. The molecule has 0 bridgehead atoms. The third-order valence-corrected chi connectivity index (χ3v) is 5.16. The van der Waals surface area contributed by atoms with Gasteiger partial charge in [0.15, 0.2) is 5.69 Å². The second-order valence-electron chi connectivity index (χ2n) is 7.45. The van der Waals surface area contributed by atoms with Gasteiger partial charge in [0, 0.05) is 12.8 Å². The highest BCUT2D eigenvalue weighted by Gasteiger charge is 2.25. The molecule has 32 heavy (non-hydrogen) atoms. The van der Waals surface area contributed by atoms with Crippen LogP contribution in [0.25, 0.3) is 11.9 Å². The van der Waals surface area contributed by atoms with Crippen molar-refractivity contribution < 1.29 is 9.42 Å². The van der Waals surface area contributed by atoms with Gasteiger partial charge in [-0.05, 0) is 47.9 Å². The quantitative estimate of drug-likeness (QED) is 0.424.